The van der Waals surface area contributed by atoms with Crippen molar-refractivity contribution in [3.8, 4) is 5.75 Å². The van der Waals surface area contributed by atoms with Gasteiger partial charge in [0, 0.05) is 11.8 Å². The van der Waals surface area contributed by atoms with E-state index in [2.05, 4.69) is 10.1 Å². The van der Waals surface area contributed by atoms with Crippen molar-refractivity contribution in [1.82, 2.24) is 0 Å². The van der Waals surface area contributed by atoms with Crippen LogP contribution < -0.4 is 10.1 Å². The van der Waals surface area contributed by atoms with E-state index in [4.69, 9.17) is 5.11 Å². The zero-order valence-corrected chi connectivity index (χ0v) is 11.5. The van der Waals surface area contributed by atoms with Gasteiger partial charge < -0.3 is 15.2 Å². The maximum Gasteiger partial charge on any atom is 0.387 e. The summed E-state index contributed by atoms with van der Waals surface area (Å²) in [6.07, 6.45) is 0. The second-order valence-electron chi connectivity index (χ2n) is 5.51. The highest BCUT2D eigenvalue weighted by Gasteiger charge is 2.65. The minimum atomic E-state index is -2.95. The topological polar surface area (TPSA) is 75.6 Å². The average molecular weight is 299 g/mol. The maximum atomic E-state index is 12.1. The molecular formula is C14H15F2NO4. The number of carbonyl (C=O) groups excluding carboxylic acids is 1. The van der Waals surface area contributed by atoms with Gasteiger partial charge in [0.1, 0.15) is 5.75 Å². The number of anilines is 1. The Hall–Kier alpha value is -2.18. The second kappa shape index (κ2) is 5.31. The third kappa shape index (κ3) is 3.12. The van der Waals surface area contributed by atoms with Gasteiger partial charge in [-0.25, -0.2) is 0 Å². The normalized spacial score (nSPS) is 22.7. The zero-order valence-electron chi connectivity index (χ0n) is 11.5. The van der Waals surface area contributed by atoms with Crippen molar-refractivity contribution in [3.63, 3.8) is 0 Å². The van der Waals surface area contributed by atoms with Crippen LogP contribution in [0, 0.1) is 17.3 Å². The molecule has 0 saturated heterocycles. The fraction of sp³-hybridized carbons (Fsp3) is 0.429. The van der Waals surface area contributed by atoms with Crippen LogP contribution in [0.1, 0.15) is 13.8 Å². The Balaban J connectivity index is 2.06. The lowest BCUT2D eigenvalue weighted by molar-refractivity contribution is -0.140. The smallest absolute Gasteiger partial charge is 0.387 e. The van der Waals surface area contributed by atoms with Gasteiger partial charge in [-0.1, -0.05) is 19.9 Å². The fourth-order valence-corrected chi connectivity index (χ4v) is 2.56. The van der Waals surface area contributed by atoms with Gasteiger partial charge in [0.2, 0.25) is 5.91 Å². The summed E-state index contributed by atoms with van der Waals surface area (Å²) in [5.74, 6) is -2.92. The van der Waals surface area contributed by atoms with Crippen LogP contribution in [-0.2, 0) is 9.59 Å². The average Bonchev–Trinajstić information content (AvgIpc) is 2.92. The van der Waals surface area contributed by atoms with Crippen LogP contribution in [0.15, 0.2) is 24.3 Å². The lowest BCUT2D eigenvalue weighted by Crippen LogP contribution is -2.17. The molecule has 21 heavy (non-hydrogen) atoms. The van der Waals surface area contributed by atoms with Gasteiger partial charge in [-0.15, -0.1) is 0 Å². The Bertz CT molecular complexity index is 574. The summed E-state index contributed by atoms with van der Waals surface area (Å²) in [5.41, 5.74) is -0.336. The number of ether oxygens (including phenoxy) is 1. The first-order valence-corrected chi connectivity index (χ1v) is 6.32. The van der Waals surface area contributed by atoms with Gasteiger partial charge in [-0.05, 0) is 17.5 Å². The fourth-order valence-electron chi connectivity index (χ4n) is 2.56. The Morgan fingerprint density at radius 2 is 2.00 bits per heavy atom. The molecular weight excluding hydrogens is 284 g/mol. The van der Waals surface area contributed by atoms with E-state index >= 15 is 0 Å². The summed E-state index contributed by atoms with van der Waals surface area (Å²) < 4.78 is 28.5. The molecule has 1 aliphatic carbocycles. The number of nitrogens with one attached hydrogen (secondary N) is 1. The number of alkyl halides is 2. The number of aliphatic carboxylic acids is 1. The van der Waals surface area contributed by atoms with Crippen LogP contribution in [0.2, 0.25) is 0 Å². The van der Waals surface area contributed by atoms with Crippen molar-refractivity contribution in [1.29, 1.82) is 0 Å². The summed E-state index contributed by atoms with van der Waals surface area (Å²) in [7, 11) is 0. The predicted octanol–water partition coefficient (Wildman–Crippen LogP) is 2.58. The van der Waals surface area contributed by atoms with E-state index in [1.54, 1.807) is 13.8 Å². The Kier molecular flexibility index (Phi) is 3.85. The number of hydrogen-bond acceptors (Lipinski definition) is 3. The number of amides is 1. The lowest BCUT2D eigenvalue weighted by atomic mass is 10.1. The number of carbonyl (C=O) groups is 2. The number of hydrogen-bond donors (Lipinski definition) is 2. The number of halogens is 2. The molecule has 1 saturated carbocycles. The molecule has 0 bridgehead atoms. The van der Waals surface area contributed by atoms with Gasteiger partial charge in [0.25, 0.3) is 0 Å². The first-order chi connectivity index (χ1) is 9.73. The molecule has 2 atom stereocenters. The molecule has 1 aromatic carbocycles. The predicted molar refractivity (Wildman–Crippen MR) is 70.1 cm³/mol. The highest BCUT2D eigenvalue weighted by molar-refractivity contribution is 5.99. The van der Waals surface area contributed by atoms with Crippen LogP contribution in [0.4, 0.5) is 14.5 Å². The van der Waals surface area contributed by atoms with Gasteiger partial charge in [-0.2, -0.15) is 8.78 Å². The molecule has 7 heteroatoms. The first kappa shape index (κ1) is 15.2. The quantitative estimate of drug-likeness (QED) is 0.876. The summed E-state index contributed by atoms with van der Waals surface area (Å²) in [6.45, 7) is 0.452. The minimum Gasteiger partial charge on any atom is -0.481 e. The van der Waals surface area contributed by atoms with Crippen LogP contribution >= 0.6 is 0 Å². The van der Waals surface area contributed by atoms with E-state index in [-0.39, 0.29) is 11.4 Å². The molecule has 1 aliphatic rings. The van der Waals surface area contributed by atoms with Crippen LogP contribution in [0.5, 0.6) is 5.75 Å². The molecule has 2 rings (SSSR count). The Morgan fingerprint density at radius 3 is 2.52 bits per heavy atom. The minimum absolute atomic E-state index is 0.0763. The van der Waals surface area contributed by atoms with Gasteiger partial charge >= 0.3 is 12.6 Å². The van der Waals surface area contributed by atoms with Crippen molar-refractivity contribution in [3.05, 3.63) is 24.3 Å². The summed E-state index contributed by atoms with van der Waals surface area (Å²) >= 11 is 0. The van der Waals surface area contributed by atoms with Crippen molar-refractivity contribution < 1.29 is 28.2 Å². The standard InChI is InChI=1S/C14H15F2NO4/c1-14(2)9(10(14)12(19)20)11(18)17-7-4-3-5-8(6-7)21-13(15)16/h3-6,9-10,13H,1-2H3,(H,17,18)(H,19,20)/t9-,10+/m1/s1. The van der Waals surface area contributed by atoms with E-state index in [1.165, 1.54) is 24.3 Å². The molecule has 0 spiro atoms. The highest BCUT2D eigenvalue weighted by Crippen LogP contribution is 2.58. The largest absolute Gasteiger partial charge is 0.481 e. The van der Waals surface area contributed by atoms with E-state index in [1.807, 2.05) is 0 Å². The number of carboxylic acids is 1. The van der Waals surface area contributed by atoms with E-state index in [9.17, 15) is 18.4 Å². The molecule has 0 radical (unpaired) electrons. The molecule has 0 unspecified atom stereocenters. The monoisotopic (exact) mass is 299 g/mol. The molecule has 0 heterocycles. The van der Waals surface area contributed by atoms with Gasteiger partial charge in [0.05, 0.1) is 11.8 Å². The van der Waals surface area contributed by atoms with Gasteiger partial charge in [-0.3, -0.25) is 9.59 Å². The first-order valence-electron chi connectivity index (χ1n) is 6.32. The molecule has 1 fully saturated rings. The van der Waals surface area contributed by atoms with Crippen LogP contribution in [0.3, 0.4) is 0 Å². The van der Waals surface area contributed by atoms with E-state index in [0.29, 0.717) is 0 Å². The van der Waals surface area contributed by atoms with Crippen molar-refractivity contribution >= 4 is 17.6 Å². The Morgan fingerprint density at radius 1 is 1.33 bits per heavy atom. The van der Waals surface area contributed by atoms with E-state index < -0.39 is 35.7 Å². The van der Waals surface area contributed by atoms with Gasteiger partial charge in [0.15, 0.2) is 0 Å². The number of benzene rings is 1. The third-order valence-corrected chi connectivity index (χ3v) is 3.70. The SMILES string of the molecule is CC1(C)[C@H](C(=O)O)[C@@H]1C(=O)Nc1cccc(OC(F)F)c1. The van der Waals surface area contributed by atoms with Crippen molar-refractivity contribution in [2.45, 2.75) is 20.5 Å². The molecule has 114 valence electrons. The molecule has 1 aromatic rings. The summed E-state index contributed by atoms with van der Waals surface area (Å²) in [5, 5.41) is 11.6. The molecule has 1 amide bonds. The Labute approximate surface area is 119 Å². The number of rotatable bonds is 5. The summed E-state index contributed by atoms with van der Waals surface area (Å²) in [6, 6.07) is 5.57. The molecule has 2 N–H and O–H groups in total. The molecule has 0 aromatic heterocycles. The van der Waals surface area contributed by atoms with Crippen LogP contribution in [0.25, 0.3) is 0 Å². The molecule has 5 nitrogen and oxygen atoms in total. The molecule has 0 aliphatic heterocycles. The number of carboxylic acid groups (broad SMARTS) is 1. The van der Waals surface area contributed by atoms with Crippen molar-refractivity contribution in [2.24, 2.45) is 17.3 Å². The third-order valence-electron chi connectivity index (χ3n) is 3.70. The summed E-state index contributed by atoms with van der Waals surface area (Å²) in [4.78, 5) is 23.1. The van der Waals surface area contributed by atoms with Crippen LogP contribution in [-0.4, -0.2) is 23.6 Å². The van der Waals surface area contributed by atoms with E-state index in [0.717, 1.165) is 0 Å². The zero-order chi connectivity index (χ0) is 15.8. The highest BCUT2D eigenvalue weighted by atomic mass is 19.3. The second-order valence-corrected chi connectivity index (χ2v) is 5.51. The maximum absolute atomic E-state index is 12.1. The lowest BCUT2D eigenvalue weighted by Gasteiger charge is -2.09. The van der Waals surface area contributed by atoms with Crippen molar-refractivity contribution in [2.75, 3.05) is 5.32 Å².